The Morgan fingerprint density at radius 1 is 1.24 bits per heavy atom. The molecule has 0 unspecified atom stereocenters. The first kappa shape index (κ1) is 14.9. The van der Waals surface area contributed by atoms with Gasteiger partial charge in [0.2, 0.25) is 0 Å². The highest BCUT2D eigenvalue weighted by molar-refractivity contribution is 6.42. The molecule has 3 rings (SSSR count). The number of carboxylic acid groups (broad SMARTS) is 1. The second-order valence-corrected chi connectivity index (χ2v) is 6.03. The lowest BCUT2D eigenvalue weighted by molar-refractivity contribution is -0.140. The van der Waals surface area contributed by atoms with Crippen molar-refractivity contribution < 1.29 is 19.4 Å². The molecule has 2 fully saturated rings. The minimum Gasteiger partial charge on any atom is -0.481 e. The first-order valence-corrected chi connectivity index (χ1v) is 7.40. The van der Waals surface area contributed by atoms with Gasteiger partial charge in [-0.1, -0.05) is 35.3 Å². The van der Waals surface area contributed by atoms with Gasteiger partial charge in [-0.25, -0.2) is 0 Å². The average molecular weight is 329 g/mol. The molecule has 1 heterocycles. The van der Waals surface area contributed by atoms with Crippen LogP contribution in [0.15, 0.2) is 30.4 Å². The lowest BCUT2D eigenvalue weighted by Crippen LogP contribution is -2.22. The van der Waals surface area contributed by atoms with Crippen molar-refractivity contribution in [2.75, 3.05) is 13.2 Å². The fourth-order valence-corrected chi connectivity index (χ4v) is 3.01. The van der Waals surface area contributed by atoms with Gasteiger partial charge in [-0.05, 0) is 36.1 Å². The summed E-state index contributed by atoms with van der Waals surface area (Å²) in [4.78, 5) is 11.7. The Bertz CT molecular complexity index is 595. The minimum atomic E-state index is -0.927. The Labute approximate surface area is 132 Å². The Morgan fingerprint density at radius 3 is 2.57 bits per heavy atom. The van der Waals surface area contributed by atoms with E-state index in [1.54, 1.807) is 24.3 Å². The van der Waals surface area contributed by atoms with Crippen LogP contribution in [0.25, 0.3) is 0 Å². The van der Waals surface area contributed by atoms with Crippen LogP contribution in [-0.4, -0.2) is 30.6 Å². The van der Waals surface area contributed by atoms with Gasteiger partial charge in [-0.3, -0.25) is 4.79 Å². The Kier molecular flexibility index (Phi) is 3.97. The maximum Gasteiger partial charge on any atom is 0.314 e. The standard InChI is InChI=1S/C15H14Cl2O4/c16-11-3-1-9(7-12(11)17)15(14(18)19)8-10(15)2-4-13-20-5-6-21-13/h1-4,7,10,13H,5-6,8H2,(H,18,19)/b4-2-/t10-,15-/m1/s1. The molecule has 1 aliphatic carbocycles. The molecule has 1 aromatic rings. The van der Waals surface area contributed by atoms with Gasteiger partial charge in [0.1, 0.15) is 0 Å². The van der Waals surface area contributed by atoms with Gasteiger partial charge >= 0.3 is 5.97 Å². The van der Waals surface area contributed by atoms with Crippen molar-refractivity contribution in [2.45, 2.75) is 18.1 Å². The maximum atomic E-state index is 11.7. The summed E-state index contributed by atoms with van der Waals surface area (Å²) >= 11 is 11.9. The number of carbonyl (C=O) groups is 1. The van der Waals surface area contributed by atoms with Crippen molar-refractivity contribution in [1.29, 1.82) is 0 Å². The Hall–Kier alpha value is -1.07. The van der Waals surface area contributed by atoms with E-state index in [1.165, 1.54) is 0 Å². The smallest absolute Gasteiger partial charge is 0.314 e. The third-order valence-electron chi connectivity index (χ3n) is 3.98. The van der Waals surface area contributed by atoms with Crippen LogP contribution in [0.4, 0.5) is 0 Å². The van der Waals surface area contributed by atoms with Crippen molar-refractivity contribution >= 4 is 29.2 Å². The third kappa shape index (κ3) is 2.69. The molecule has 4 nitrogen and oxygen atoms in total. The van der Waals surface area contributed by atoms with Gasteiger partial charge in [0.25, 0.3) is 0 Å². The van der Waals surface area contributed by atoms with Crippen LogP contribution < -0.4 is 0 Å². The summed E-state index contributed by atoms with van der Waals surface area (Å²) in [5.41, 5.74) is -0.254. The molecule has 1 aliphatic heterocycles. The first-order chi connectivity index (χ1) is 10.0. The molecule has 6 heteroatoms. The van der Waals surface area contributed by atoms with Crippen LogP contribution >= 0.6 is 23.2 Å². The zero-order valence-corrected chi connectivity index (χ0v) is 12.6. The molecule has 1 N–H and O–H groups in total. The SMILES string of the molecule is O=C(O)[C@@]1(c2ccc(Cl)c(Cl)c2)C[C@H]1/C=C\C1OCCO1. The van der Waals surface area contributed by atoms with E-state index in [-0.39, 0.29) is 12.2 Å². The maximum absolute atomic E-state index is 11.7. The van der Waals surface area contributed by atoms with Crippen LogP contribution in [-0.2, 0) is 19.7 Å². The number of rotatable bonds is 4. The Morgan fingerprint density at radius 2 is 1.95 bits per heavy atom. The summed E-state index contributed by atoms with van der Waals surface area (Å²) < 4.78 is 10.6. The van der Waals surface area contributed by atoms with Crippen molar-refractivity contribution in [3.05, 3.63) is 46.0 Å². The molecule has 1 saturated heterocycles. The molecule has 1 saturated carbocycles. The number of benzene rings is 1. The predicted octanol–water partition coefficient (Wildman–Crippen LogP) is 3.26. The van der Waals surface area contributed by atoms with E-state index in [2.05, 4.69) is 0 Å². The van der Waals surface area contributed by atoms with Gasteiger partial charge < -0.3 is 14.6 Å². The molecule has 112 valence electrons. The van der Waals surface area contributed by atoms with Crippen molar-refractivity contribution in [3.63, 3.8) is 0 Å². The number of hydrogen-bond donors (Lipinski definition) is 1. The second kappa shape index (κ2) is 5.61. The summed E-state index contributed by atoms with van der Waals surface area (Å²) in [6.07, 6.45) is 3.79. The zero-order chi connectivity index (χ0) is 15.0. The first-order valence-electron chi connectivity index (χ1n) is 6.64. The summed E-state index contributed by atoms with van der Waals surface area (Å²) in [5, 5.41) is 10.4. The summed E-state index contributed by atoms with van der Waals surface area (Å²) in [5.74, 6) is -0.955. The molecular weight excluding hydrogens is 315 g/mol. The zero-order valence-electron chi connectivity index (χ0n) is 11.1. The minimum absolute atomic E-state index is 0.0972. The molecule has 0 radical (unpaired) electrons. The number of carboxylic acids is 1. The van der Waals surface area contributed by atoms with E-state index in [0.29, 0.717) is 35.2 Å². The predicted molar refractivity (Wildman–Crippen MR) is 78.7 cm³/mol. The highest BCUT2D eigenvalue weighted by Crippen LogP contribution is 2.56. The fraction of sp³-hybridized carbons (Fsp3) is 0.400. The fourth-order valence-electron chi connectivity index (χ4n) is 2.71. The van der Waals surface area contributed by atoms with E-state index in [0.717, 1.165) is 0 Å². The van der Waals surface area contributed by atoms with Gasteiger partial charge in [-0.15, -0.1) is 0 Å². The number of allylic oxidation sites excluding steroid dienone is 1. The number of hydrogen-bond acceptors (Lipinski definition) is 3. The van der Waals surface area contributed by atoms with Crippen LogP contribution in [0, 0.1) is 5.92 Å². The molecule has 1 aromatic carbocycles. The topological polar surface area (TPSA) is 55.8 Å². The summed E-state index contributed by atoms with van der Waals surface area (Å²) in [6, 6.07) is 4.99. The molecule has 0 aromatic heterocycles. The van der Waals surface area contributed by atoms with E-state index in [9.17, 15) is 9.90 Å². The lowest BCUT2D eigenvalue weighted by atomic mass is 9.93. The van der Waals surface area contributed by atoms with Gasteiger partial charge in [0, 0.05) is 0 Å². The van der Waals surface area contributed by atoms with Crippen molar-refractivity contribution in [2.24, 2.45) is 5.92 Å². The van der Waals surface area contributed by atoms with Crippen LogP contribution in [0.2, 0.25) is 10.0 Å². The van der Waals surface area contributed by atoms with Gasteiger partial charge in [-0.2, -0.15) is 0 Å². The number of ether oxygens (including phenoxy) is 2. The van der Waals surface area contributed by atoms with E-state index in [1.807, 2.05) is 6.08 Å². The molecule has 0 spiro atoms. The summed E-state index contributed by atoms with van der Waals surface area (Å²) in [7, 11) is 0. The van der Waals surface area contributed by atoms with E-state index < -0.39 is 11.4 Å². The van der Waals surface area contributed by atoms with Crippen molar-refractivity contribution in [3.8, 4) is 0 Å². The highest BCUT2D eigenvalue weighted by Gasteiger charge is 2.60. The molecule has 2 atom stereocenters. The average Bonchev–Trinajstić information content (AvgIpc) is 2.96. The van der Waals surface area contributed by atoms with Crippen LogP contribution in [0.1, 0.15) is 12.0 Å². The molecule has 21 heavy (non-hydrogen) atoms. The molecule has 0 bridgehead atoms. The molecule has 0 amide bonds. The second-order valence-electron chi connectivity index (χ2n) is 5.21. The quantitative estimate of drug-likeness (QED) is 0.862. The Balaban J connectivity index is 1.82. The normalized spacial score (nSPS) is 29.1. The van der Waals surface area contributed by atoms with E-state index >= 15 is 0 Å². The lowest BCUT2D eigenvalue weighted by Gasteiger charge is -2.13. The number of halogens is 2. The third-order valence-corrected chi connectivity index (χ3v) is 4.72. The monoisotopic (exact) mass is 328 g/mol. The summed E-state index contributed by atoms with van der Waals surface area (Å²) in [6.45, 7) is 1.13. The van der Waals surface area contributed by atoms with Crippen LogP contribution in [0.3, 0.4) is 0 Å². The molecular formula is C15H14Cl2O4. The van der Waals surface area contributed by atoms with Gasteiger partial charge in [0.15, 0.2) is 6.29 Å². The van der Waals surface area contributed by atoms with Gasteiger partial charge in [0.05, 0.1) is 28.7 Å². The highest BCUT2D eigenvalue weighted by atomic mass is 35.5. The molecule has 2 aliphatic rings. The van der Waals surface area contributed by atoms with Crippen LogP contribution in [0.5, 0.6) is 0 Å². The largest absolute Gasteiger partial charge is 0.481 e. The van der Waals surface area contributed by atoms with Crippen molar-refractivity contribution in [1.82, 2.24) is 0 Å². The number of aliphatic carboxylic acids is 1. The van der Waals surface area contributed by atoms with E-state index in [4.69, 9.17) is 32.7 Å².